The zero-order chi connectivity index (χ0) is 0. The van der Waals surface area contributed by atoms with E-state index in [4.69, 9.17) is 0 Å². The molecule has 0 radical (unpaired) electrons. The van der Waals surface area contributed by atoms with E-state index in [9.17, 15) is 0 Å². The van der Waals surface area contributed by atoms with Crippen LogP contribution in [0.5, 0.6) is 0 Å². The van der Waals surface area contributed by atoms with Gasteiger partial charge in [-0.3, -0.25) is 0 Å². The molecule has 0 heterocycles. The average Bonchev–Trinajstić information content (AvgIpc) is 0. The van der Waals surface area contributed by atoms with Crippen LogP contribution in [0.2, 0.25) is 0 Å². The van der Waals surface area contributed by atoms with Gasteiger partial charge in [-0.1, -0.05) is 0 Å². The molecule has 0 aromatic carbocycles. The van der Waals surface area contributed by atoms with Crippen molar-refractivity contribution < 1.29 is 106 Å². The largest absolute Gasteiger partial charge is 1.00 e. The smallest absolute Gasteiger partial charge is 1.00 e. The maximum absolute atomic E-state index is 0. The van der Waals surface area contributed by atoms with Gasteiger partial charge in [0.05, 0.1) is 12.4 Å². The van der Waals surface area contributed by atoms with Crippen molar-refractivity contribution in [3.05, 3.63) is 0 Å². The van der Waals surface area contributed by atoms with Crippen LogP contribution in [0.1, 0.15) is 0 Å². The average molecular weight is 241 g/mol. The maximum Gasteiger partial charge on any atom is 1.00 e. The molecule has 0 bridgehead atoms. The first-order chi connectivity index (χ1) is 0. The van der Waals surface area contributed by atoms with Crippen LogP contribution in [0, 0.1) is 12.4 Å². The molecular formula is H2Cl3Cs. The summed E-state index contributed by atoms with van der Waals surface area (Å²) in [6.07, 6.45) is 0. The molecule has 0 aromatic heterocycles. The van der Waals surface area contributed by atoms with Crippen molar-refractivity contribution in [2.75, 3.05) is 0 Å². The maximum atomic E-state index is 0. The molecule has 0 aliphatic rings. The van der Waals surface area contributed by atoms with Crippen LogP contribution in [-0.4, -0.2) is 0 Å². The quantitative estimate of drug-likeness (QED) is 0.395. The SMILES string of the molecule is [Cl-].[Cl-].[ClH2+].[Cs+]. The van der Waals surface area contributed by atoms with E-state index in [1.54, 1.807) is 0 Å². The Kier molecular flexibility index (Phi) is 119. The number of halogens is 3. The molecule has 4 heavy (non-hydrogen) atoms. The van der Waals surface area contributed by atoms with E-state index in [2.05, 4.69) is 0 Å². The van der Waals surface area contributed by atoms with Crippen molar-refractivity contribution in [1.82, 2.24) is 0 Å². The Hall–Kier alpha value is 2.92. The molecule has 0 saturated carbocycles. The third-order valence-electron chi connectivity index (χ3n) is 0. The van der Waals surface area contributed by atoms with Crippen molar-refractivity contribution in [2.24, 2.45) is 0 Å². The van der Waals surface area contributed by atoms with E-state index in [-0.39, 0.29) is 106 Å². The minimum Gasteiger partial charge on any atom is -1.00 e. The molecular weight excluding hydrogens is 239 g/mol. The molecule has 0 nitrogen and oxygen atoms in total. The summed E-state index contributed by atoms with van der Waals surface area (Å²) < 4.78 is 0. The molecule has 0 N–H and O–H groups in total. The molecule has 0 aromatic rings. The van der Waals surface area contributed by atoms with Crippen molar-refractivity contribution in [2.45, 2.75) is 0 Å². The Morgan fingerprint density at radius 1 is 0.750 bits per heavy atom. The fraction of sp³-hybridized carbons (Fsp3) is 0. The van der Waals surface area contributed by atoms with Gasteiger partial charge in [0.25, 0.3) is 0 Å². The monoisotopic (exact) mass is 240 g/mol. The normalized spacial score (nSPS) is 0. The van der Waals surface area contributed by atoms with Gasteiger partial charge < -0.3 is 24.8 Å². The van der Waals surface area contributed by atoms with Crippen molar-refractivity contribution >= 4 is 0 Å². The number of hydrogen-bond acceptors (Lipinski definition) is 0. The van der Waals surface area contributed by atoms with Crippen LogP contribution in [0.3, 0.4) is 0 Å². The summed E-state index contributed by atoms with van der Waals surface area (Å²) in [6.45, 7) is 0. The molecule has 0 rings (SSSR count). The summed E-state index contributed by atoms with van der Waals surface area (Å²) in [6, 6.07) is 0. The van der Waals surface area contributed by atoms with Gasteiger partial charge in [-0.15, -0.1) is 0 Å². The first-order valence-corrected chi connectivity index (χ1v) is 0. The Balaban J connectivity index is 0. The molecule has 0 fully saturated rings. The zero-order valence-electron chi connectivity index (χ0n) is 2.20. The second-order valence-corrected chi connectivity index (χ2v) is 0. The summed E-state index contributed by atoms with van der Waals surface area (Å²) >= 11 is 0. The minimum atomic E-state index is 0. The van der Waals surface area contributed by atoms with Crippen LogP contribution >= 0.6 is 0 Å². The van der Waals surface area contributed by atoms with E-state index >= 15 is 0 Å². The molecule has 0 aliphatic heterocycles. The zero-order valence-corrected chi connectivity index (χ0v) is 10.9. The molecule has 0 saturated heterocycles. The van der Waals surface area contributed by atoms with Crippen LogP contribution < -0.4 is 93.7 Å². The van der Waals surface area contributed by atoms with E-state index in [1.165, 1.54) is 0 Å². The molecule has 24 valence electrons. The second-order valence-electron chi connectivity index (χ2n) is 0. The predicted molar refractivity (Wildman–Crippen MR) is 2.79 cm³/mol. The Labute approximate surface area is 103 Å². The first kappa shape index (κ1) is 28.4. The van der Waals surface area contributed by atoms with Gasteiger partial charge in [-0.2, -0.15) is 0 Å². The predicted octanol–water partition coefficient (Wildman–Crippen LogP) is -9.52. The third-order valence-corrected chi connectivity index (χ3v) is 0. The van der Waals surface area contributed by atoms with Crippen molar-refractivity contribution in [3.8, 4) is 0 Å². The summed E-state index contributed by atoms with van der Waals surface area (Å²) in [5, 5.41) is 0. The van der Waals surface area contributed by atoms with Crippen LogP contribution in [0.4, 0.5) is 0 Å². The fourth-order valence-corrected chi connectivity index (χ4v) is 0. The molecule has 0 spiro atoms. The number of hydrogen-bond donors (Lipinski definition) is 0. The second kappa shape index (κ2) is 16.8. The van der Waals surface area contributed by atoms with Crippen molar-refractivity contribution in [3.63, 3.8) is 0 Å². The van der Waals surface area contributed by atoms with Gasteiger partial charge >= 0.3 is 68.9 Å². The Morgan fingerprint density at radius 2 is 0.750 bits per heavy atom. The first-order valence-electron chi connectivity index (χ1n) is 0. The Bertz CT molecular complexity index is 3.25. The molecule has 0 amide bonds. The van der Waals surface area contributed by atoms with Gasteiger partial charge in [-0.05, 0) is 0 Å². The minimum absolute atomic E-state index is 0. The molecule has 0 atom stereocenters. The van der Waals surface area contributed by atoms with Gasteiger partial charge in [0.1, 0.15) is 0 Å². The van der Waals surface area contributed by atoms with Crippen LogP contribution in [0.15, 0.2) is 0 Å². The van der Waals surface area contributed by atoms with E-state index in [0.717, 1.165) is 0 Å². The standard InChI is InChI=1S/ClH2.2ClH.Cs/h1H2;2*1H;/q+1;;;+1/p-2. The van der Waals surface area contributed by atoms with E-state index in [1.807, 2.05) is 0 Å². The number of rotatable bonds is 0. The fourth-order valence-electron chi connectivity index (χ4n) is 0. The summed E-state index contributed by atoms with van der Waals surface area (Å²) in [5.74, 6) is 0. The molecule has 0 unspecified atom stereocenters. The Morgan fingerprint density at radius 3 is 0.750 bits per heavy atom. The van der Waals surface area contributed by atoms with E-state index in [0.29, 0.717) is 0 Å². The summed E-state index contributed by atoms with van der Waals surface area (Å²) in [5.41, 5.74) is 0. The topological polar surface area (TPSA) is 0 Å². The third kappa shape index (κ3) is 8.87. The summed E-state index contributed by atoms with van der Waals surface area (Å²) in [7, 11) is 0. The molecule has 0 aliphatic carbocycles. The molecule has 4 heteroatoms. The van der Waals surface area contributed by atoms with E-state index < -0.39 is 0 Å². The van der Waals surface area contributed by atoms with Crippen LogP contribution in [-0.2, 0) is 0 Å². The summed E-state index contributed by atoms with van der Waals surface area (Å²) in [4.78, 5) is 0. The van der Waals surface area contributed by atoms with Gasteiger partial charge in [0.15, 0.2) is 0 Å². The van der Waals surface area contributed by atoms with Gasteiger partial charge in [0, 0.05) is 0 Å². The van der Waals surface area contributed by atoms with Crippen LogP contribution in [0.25, 0.3) is 0 Å². The van der Waals surface area contributed by atoms with Crippen molar-refractivity contribution in [1.29, 1.82) is 0 Å². The van der Waals surface area contributed by atoms with Gasteiger partial charge in [-0.25, -0.2) is 0 Å². The van der Waals surface area contributed by atoms with Gasteiger partial charge in [0.2, 0.25) is 0 Å².